The molecule has 8 nitrogen and oxygen atoms in total. The van der Waals surface area contributed by atoms with E-state index in [9.17, 15) is 19.5 Å². The van der Waals surface area contributed by atoms with Crippen LogP contribution in [-0.4, -0.2) is 57.6 Å². The van der Waals surface area contributed by atoms with Crippen molar-refractivity contribution in [1.29, 1.82) is 0 Å². The number of rotatable bonds is 7. The van der Waals surface area contributed by atoms with Crippen molar-refractivity contribution in [2.24, 2.45) is 11.8 Å². The average Bonchev–Trinajstić information content (AvgIpc) is 3.44. The Morgan fingerprint density at radius 2 is 1.74 bits per heavy atom. The van der Waals surface area contributed by atoms with Crippen molar-refractivity contribution in [2.45, 2.75) is 56.5 Å². The van der Waals surface area contributed by atoms with E-state index < -0.39 is 35.1 Å². The number of benzene rings is 2. The molecule has 184 valence electrons. The maximum Gasteiger partial charge on any atom is 0.246 e. The van der Waals surface area contributed by atoms with Crippen LogP contribution in [0, 0.1) is 11.8 Å². The minimum Gasteiger partial charge on any atom is -0.394 e. The van der Waals surface area contributed by atoms with Gasteiger partial charge < -0.3 is 25.4 Å². The van der Waals surface area contributed by atoms with Gasteiger partial charge in [-0.3, -0.25) is 14.4 Å². The van der Waals surface area contributed by atoms with Crippen molar-refractivity contribution in [3.05, 3.63) is 66.2 Å². The molecule has 0 saturated carbocycles. The summed E-state index contributed by atoms with van der Waals surface area (Å²) < 4.78 is 6.56. The number of ether oxygens (including phenoxy) is 1. The Kier molecular flexibility index (Phi) is 5.89. The van der Waals surface area contributed by atoms with E-state index in [0.29, 0.717) is 25.1 Å². The van der Waals surface area contributed by atoms with Crippen LogP contribution < -0.4 is 10.6 Å². The monoisotopic (exact) mass is 477 g/mol. The largest absolute Gasteiger partial charge is 0.394 e. The van der Waals surface area contributed by atoms with Crippen molar-refractivity contribution in [3.8, 4) is 0 Å². The van der Waals surface area contributed by atoms with Crippen LogP contribution in [0.1, 0.15) is 32.3 Å². The number of para-hydroxylation sites is 1. The topological polar surface area (TPSA) is 108 Å². The molecule has 2 bridgehead atoms. The minimum absolute atomic E-state index is 0.291. The van der Waals surface area contributed by atoms with E-state index in [4.69, 9.17) is 4.74 Å². The summed E-state index contributed by atoms with van der Waals surface area (Å²) >= 11 is 0. The second-order valence-electron chi connectivity index (χ2n) is 10.1. The molecule has 8 heteroatoms. The minimum atomic E-state index is -1.12. The Balaban J connectivity index is 1.47. The van der Waals surface area contributed by atoms with Crippen molar-refractivity contribution in [2.75, 3.05) is 11.9 Å². The van der Waals surface area contributed by atoms with Crippen molar-refractivity contribution < 1.29 is 24.2 Å². The van der Waals surface area contributed by atoms with Gasteiger partial charge in [0.1, 0.15) is 11.6 Å². The Bertz CT molecular complexity index is 1130. The van der Waals surface area contributed by atoms with E-state index in [-0.39, 0.29) is 24.3 Å². The first-order valence-electron chi connectivity index (χ1n) is 12.1. The lowest BCUT2D eigenvalue weighted by atomic mass is 9.66. The highest BCUT2D eigenvalue weighted by atomic mass is 16.5. The van der Waals surface area contributed by atoms with Crippen LogP contribution in [0.5, 0.6) is 0 Å². The first-order chi connectivity index (χ1) is 16.8. The van der Waals surface area contributed by atoms with Gasteiger partial charge in [-0.15, -0.1) is 0 Å². The van der Waals surface area contributed by atoms with Gasteiger partial charge in [0.2, 0.25) is 17.7 Å². The molecule has 6 atom stereocenters. The lowest BCUT2D eigenvalue weighted by Crippen LogP contribution is -2.57. The summed E-state index contributed by atoms with van der Waals surface area (Å²) in [5, 5.41) is 15.8. The fourth-order valence-electron chi connectivity index (χ4n) is 6.25. The van der Waals surface area contributed by atoms with Crippen LogP contribution in [0.4, 0.5) is 5.69 Å². The summed E-state index contributed by atoms with van der Waals surface area (Å²) in [4.78, 5) is 42.4. The zero-order valence-electron chi connectivity index (χ0n) is 19.9. The second-order valence-corrected chi connectivity index (χ2v) is 10.1. The van der Waals surface area contributed by atoms with Crippen LogP contribution in [0.15, 0.2) is 60.7 Å². The van der Waals surface area contributed by atoms with Gasteiger partial charge in [-0.1, -0.05) is 48.5 Å². The third kappa shape index (κ3) is 3.72. The number of fused-ring (bicyclic) bond motifs is 1. The maximum absolute atomic E-state index is 13.8. The number of aliphatic hydroxyl groups excluding tert-OH is 1. The van der Waals surface area contributed by atoms with E-state index in [1.807, 2.05) is 55.5 Å². The van der Waals surface area contributed by atoms with Gasteiger partial charge >= 0.3 is 0 Å². The highest BCUT2D eigenvalue weighted by Gasteiger charge is 2.78. The Morgan fingerprint density at radius 3 is 2.40 bits per heavy atom. The summed E-state index contributed by atoms with van der Waals surface area (Å²) in [6.45, 7) is 3.58. The third-order valence-corrected chi connectivity index (χ3v) is 7.84. The summed E-state index contributed by atoms with van der Waals surface area (Å²) in [5.41, 5.74) is -0.397. The van der Waals surface area contributed by atoms with Gasteiger partial charge in [-0.05, 0) is 44.4 Å². The zero-order chi connectivity index (χ0) is 24.8. The molecular weight excluding hydrogens is 446 g/mol. The molecule has 2 aromatic carbocycles. The van der Waals surface area contributed by atoms with Gasteiger partial charge in [-0.2, -0.15) is 0 Å². The predicted molar refractivity (Wildman–Crippen MR) is 129 cm³/mol. The van der Waals surface area contributed by atoms with Gasteiger partial charge in [-0.25, -0.2) is 0 Å². The number of hydrogen-bond donors (Lipinski definition) is 3. The van der Waals surface area contributed by atoms with E-state index in [1.165, 1.54) is 4.90 Å². The third-order valence-electron chi connectivity index (χ3n) is 7.84. The molecule has 2 aromatic rings. The maximum atomic E-state index is 13.8. The molecule has 1 spiro atoms. The number of carbonyl (C=O) groups is 3. The fraction of sp³-hybridized carbons (Fsp3) is 0.444. The Labute approximate surface area is 204 Å². The molecule has 3 amide bonds. The quantitative estimate of drug-likeness (QED) is 0.566. The lowest BCUT2D eigenvalue weighted by molar-refractivity contribution is -0.148. The summed E-state index contributed by atoms with van der Waals surface area (Å²) in [7, 11) is 0. The molecule has 3 aliphatic rings. The second kappa shape index (κ2) is 8.77. The summed E-state index contributed by atoms with van der Waals surface area (Å²) in [5.74, 6) is -2.49. The van der Waals surface area contributed by atoms with Gasteiger partial charge in [0.15, 0.2) is 0 Å². The van der Waals surface area contributed by atoms with Crippen LogP contribution in [0.3, 0.4) is 0 Å². The van der Waals surface area contributed by atoms with E-state index in [2.05, 4.69) is 10.6 Å². The van der Waals surface area contributed by atoms with Crippen LogP contribution in [0.2, 0.25) is 0 Å². The molecule has 35 heavy (non-hydrogen) atoms. The number of likely N-dealkylation sites (tertiary alicyclic amines) is 1. The summed E-state index contributed by atoms with van der Waals surface area (Å²) in [6, 6.07) is 17.1. The Hall–Kier alpha value is -3.23. The van der Waals surface area contributed by atoms with Crippen LogP contribution in [0.25, 0.3) is 0 Å². The highest BCUT2D eigenvalue weighted by Crippen LogP contribution is 2.63. The smallest absolute Gasteiger partial charge is 0.246 e. The molecule has 3 saturated heterocycles. The molecule has 2 unspecified atom stereocenters. The van der Waals surface area contributed by atoms with Crippen LogP contribution in [-0.2, 0) is 25.7 Å². The van der Waals surface area contributed by atoms with E-state index in [0.717, 1.165) is 5.56 Å². The van der Waals surface area contributed by atoms with Gasteiger partial charge in [0.05, 0.1) is 30.1 Å². The predicted octanol–water partition coefficient (Wildman–Crippen LogP) is 2.09. The first-order valence-corrected chi connectivity index (χ1v) is 12.1. The molecular formula is C27H31N3O5. The molecule has 3 heterocycles. The van der Waals surface area contributed by atoms with E-state index in [1.54, 1.807) is 19.1 Å². The standard InChI is InChI=1S/C27H31N3O5/c1-17(16-31)30-22(24(33)28-15-18-9-5-3-6-10-18)27-14-13-26(2,35-27)20(21(27)25(30)34)23(32)29-19-11-7-4-8-12-19/h3-12,17,20-22,31H,13-16H2,1-2H3,(H,28,33)(H,29,32)/t17-,20-,21+,22?,26+,27?/m1/s1. The van der Waals surface area contributed by atoms with Crippen molar-refractivity contribution in [1.82, 2.24) is 10.2 Å². The molecule has 3 fully saturated rings. The first kappa shape index (κ1) is 23.5. The summed E-state index contributed by atoms with van der Waals surface area (Å²) in [6.07, 6.45) is 1.06. The number of hydrogen-bond acceptors (Lipinski definition) is 5. The highest BCUT2D eigenvalue weighted by molar-refractivity contribution is 6.02. The Morgan fingerprint density at radius 1 is 1.09 bits per heavy atom. The molecule has 0 aliphatic carbocycles. The fourth-order valence-corrected chi connectivity index (χ4v) is 6.25. The number of amides is 3. The molecule has 0 aromatic heterocycles. The lowest BCUT2D eigenvalue weighted by Gasteiger charge is -2.35. The van der Waals surface area contributed by atoms with Crippen LogP contribution >= 0.6 is 0 Å². The van der Waals surface area contributed by atoms with E-state index >= 15 is 0 Å². The van der Waals surface area contributed by atoms with Crippen molar-refractivity contribution in [3.63, 3.8) is 0 Å². The number of aliphatic hydroxyl groups is 1. The number of nitrogens with zero attached hydrogens (tertiary/aromatic N) is 1. The van der Waals surface area contributed by atoms with Gasteiger partial charge in [0, 0.05) is 12.2 Å². The SMILES string of the molecule is C[C@H](CO)N1C(=O)[C@@H]2[C@H](C(=O)Nc3ccccc3)[C@]3(C)CCC2(O3)C1C(=O)NCc1ccccc1. The number of anilines is 1. The molecule has 0 radical (unpaired) electrons. The van der Waals surface area contributed by atoms with Gasteiger partial charge in [0.25, 0.3) is 0 Å². The number of nitrogens with one attached hydrogen (secondary N) is 2. The molecule has 3 N–H and O–H groups in total. The number of carbonyl (C=O) groups excluding carboxylic acids is 3. The molecule has 5 rings (SSSR count). The normalized spacial score (nSPS) is 31.8. The van der Waals surface area contributed by atoms with Crippen molar-refractivity contribution >= 4 is 23.4 Å². The zero-order valence-corrected chi connectivity index (χ0v) is 19.9. The molecule has 3 aliphatic heterocycles. The average molecular weight is 478 g/mol.